The molecule has 3 nitrogen and oxygen atoms in total. The van der Waals surface area contributed by atoms with Gasteiger partial charge >= 0.3 is 6.18 Å². The lowest BCUT2D eigenvalue weighted by atomic mass is 10.2. The first-order valence-corrected chi connectivity index (χ1v) is 5.81. The second-order valence-corrected chi connectivity index (χ2v) is 4.59. The summed E-state index contributed by atoms with van der Waals surface area (Å²) in [7, 11) is 0. The lowest BCUT2D eigenvalue weighted by molar-refractivity contribution is -0.138. The van der Waals surface area contributed by atoms with Crippen LogP contribution in [0.1, 0.15) is 11.3 Å². The monoisotopic (exact) mass is 319 g/mol. The molecule has 0 radical (unpaired) electrons. The van der Waals surface area contributed by atoms with Gasteiger partial charge in [0, 0.05) is 22.1 Å². The first kappa shape index (κ1) is 12.9. The maximum absolute atomic E-state index is 12.7. The lowest BCUT2D eigenvalue weighted by Gasteiger charge is -2.11. The van der Waals surface area contributed by atoms with Gasteiger partial charge in [0.2, 0.25) is 5.95 Å². The van der Waals surface area contributed by atoms with Crippen molar-refractivity contribution in [3.63, 3.8) is 0 Å². The van der Waals surface area contributed by atoms with Gasteiger partial charge in [0.15, 0.2) is 0 Å². The van der Waals surface area contributed by atoms with Gasteiger partial charge in [-0.15, -0.1) is 0 Å². The summed E-state index contributed by atoms with van der Waals surface area (Å²) in [5.41, 5.74) is 0.418. The Morgan fingerprint density at radius 1 is 1.33 bits per heavy atom. The number of rotatable bonds is 2. The Hall–Kier alpha value is -1.50. The summed E-state index contributed by atoms with van der Waals surface area (Å²) in [6.45, 7) is 1.81. The number of aryl methyl sites for hydroxylation is 1. The number of halogens is 4. The molecule has 2 rings (SSSR count). The molecule has 0 aliphatic rings. The van der Waals surface area contributed by atoms with E-state index in [4.69, 9.17) is 0 Å². The summed E-state index contributed by atoms with van der Waals surface area (Å²) >= 11 is 2.88. The van der Waals surface area contributed by atoms with Gasteiger partial charge < -0.3 is 10.3 Å². The van der Waals surface area contributed by atoms with Crippen LogP contribution in [0.15, 0.2) is 28.9 Å². The fraction of sp³-hybridized carbons (Fsp3) is 0.182. The van der Waals surface area contributed by atoms with Gasteiger partial charge in [-0.3, -0.25) is 0 Å². The molecular weight excluding hydrogens is 311 g/mol. The van der Waals surface area contributed by atoms with Gasteiger partial charge in [-0.1, -0.05) is 15.9 Å². The molecule has 0 saturated heterocycles. The van der Waals surface area contributed by atoms with Crippen LogP contribution in [0.25, 0.3) is 0 Å². The molecule has 0 fully saturated rings. The topological polar surface area (TPSA) is 40.7 Å². The van der Waals surface area contributed by atoms with Crippen LogP contribution in [-0.2, 0) is 6.18 Å². The maximum Gasteiger partial charge on any atom is 0.417 e. The van der Waals surface area contributed by atoms with Crippen LogP contribution < -0.4 is 5.32 Å². The highest BCUT2D eigenvalue weighted by Gasteiger charge is 2.33. The van der Waals surface area contributed by atoms with E-state index in [1.807, 2.05) is 0 Å². The largest absolute Gasteiger partial charge is 0.417 e. The van der Waals surface area contributed by atoms with E-state index in [2.05, 4.69) is 31.2 Å². The fourth-order valence-corrected chi connectivity index (χ4v) is 1.90. The second-order valence-electron chi connectivity index (χ2n) is 3.73. The number of benzene rings is 1. The number of alkyl halides is 3. The van der Waals surface area contributed by atoms with Gasteiger partial charge in [0.05, 0.1) is 5.56 Å². The minimum atomic E-state index is -4.39. The van der Waals surface area contributed by atoms with Crippen molar-refractivity contribution < 1.29 is 13.2 Å². The highest BCUT2D eigenvalue weighted by Crippen LogP contribution is 2.36. The first-order valence-electron chi connectivity index (χ1n) is 5.01. The molecule has 2 N–H and O–H groups in total. The van der Waals surface area contributed by atoms with Crippen molar-refractivity contribution in [2.45, 2.75) is 13.1 Å². The maximum atomic E-state index is 12.7. The van der Waals surface area contributed by atoms with E-state index in [0.717, 1.165) is 11.8 Å². The molecule has 7 heteroatoms. The third kappa shape index (κ3) is 2.84. The third-order valence-electron chi connectivity index (χ3n) is 2.24. The van der Waals surface area contributed by atoms with Crippen LogP contribution in [0.4, 0.5) is 24.8 Å². The van der Waals surface area contributed by atoms with Gasteiger partial charge in [0.25, 0.3) is 0 Å². The molecular formula is C11H9BrF3N3. The molecule has 0 amide bonds. The Balaban J connectivity index is 2.30. The van der Waals surface area contributed by atoms with E-state index in [1.54, 1.807) is 13.1 Å². The van der Waals surface area contributed by atoms with E-state index in [0.29, 0.717) is 11.6 Å². The third-order valence-corrected chi connectivity index (χ3v) is 2.93. The Bertz CT molecular complexity index is 563. The van der Waals surface area contributed by atoms with E-state index < -0.39 is 11.7 Å². The first-order chi connectivity index (χ1) is 8.36. The molecule has 0 saturated carbocycles. The number of nitrogens with one attached hydrogen (secondary N) is 2. The number of nitrogens with zero attached hydrogens (tertiary/aromatic N) is 1. The summed E-state index contributed by atoms with van der Waals surface area (Å²) in [6.07, 6.45) is -2.80. The number of imidazole rings is 1. The summed E-state index contributed by atoms with van der Waals surface area (Å²) < 4.78 is 38.1. The van der Waals surface area contributed by atoms with Crippen LogP contribution in [0, 0.1) is 6.92 Å². The number of hydrogen-bond acceptors (Lipinski definition) is 2. The zero-order valence-electron chi connectivity index (χ0n) is 9.27. The molecule has 18 heavy (non-hydrogen) atoms. The molecule has 1 aromatic heterocycles. The summed E-state index contributed by atoms with van der Waals surface area (Å²) in [4.78, 5) is 6.85. The lowest BCUT2D eigenvalue weighted by Crippen LogP contribution is -2.06. The molecule has 0 aliphatic carbocycles. The molecule has 0 spiro atoms. The highest BCUT2D eigenvalue weighted by molar-refractivity contribution is 9.10. The zero-order chi connectivity index (χ0) is 13.3. The van der Waals surface area contributed by atoms with Gasteiger partial charge in [-0.05, 0) is 25.1 Å². The average molecular weight is 320 g/mol. The average Bonchev–Trinajstić information content (AvgIpc) is 2.65. The van der Waals surface area contributed by atoms with Crippen molar-refractivity contribution in [1.82, 2.24) is 9.97 Å². The van der Waals surface area contributed by atoms with E-state index in [1.165, 1.54) is 12.1 Å². The van der Waals surface area contributed by atoms with E-state index >= 15 is 0 Å². The van der Waals surface area contributed by atoms with Crippen LogP contribution in [-0.4, -0.2) is 9.97 Å². The summed E-state index contributed by atoms with van der Waals surface area (Å²) in [5.74, 6) is 0.406. The minimum absolute atomic E-state index is 0.0103. The molecule has 1 heterocycles. The summed E-state index contributed by atoms with van der Waals surface area (Å²) in [6, 6.07) is 3.92. The molecule has 0 atom stereocenters. The molecule has 1 aromatic carbocycles. The van der Waals surface area contributed by atoms with Crippen molar-refractivity contribution in [2.75, 3.05) is 5.32 Å². The number of aromatic nitrogens is 2. The highest BCUT2D eigenvalue weighted by atomic mass is 79.9. The Morgan fingerprint density at radius 3 is 2.61 bits per heavy atom. The quantitative estimate of drug-likeness (QED) is 0.869. The second kappa shape index (κ2) is 4.64. The standard InChI is InChI=1S/C11H9BrF3N3/c1-6-5-16-10(17-6)18-7-2-3-9(12)8(4-7)11(13,14)15/h2-5H,1H3,(H2,16,17,18). The number of aromatic amines is 1. The molecule has 2 aromatic rings. The van der Waals surface area contributed by atoms with Crippen LogP contribution >= 0.6 is 15.9 Å². The minimum Gasteiger partial charge on any atom is -0.328 e. The van der Waals surface area contributed by atoms with Crippen molar-refractivity contribution in [2.24, 2.45) is 0 Å². The summed E-state index contributed by atoms with van der Waals surface area (Å²) in [5, 5.41) is 2.78. The number of H-pyrrole nitrogens is 1. The number of anilines is 2. The van der Waals surface area contributed by atoms with Gasteiger partial charge in [-0.2, -0.15) is 13.2 Å². The fourth-order valence-electron chi connectivity index (χ4n) is 1.43. The van der Waals surface area contributed by atoms with E-state index in [-0.39, 0.29) is 4.47 Å². The van der Waals surface area contributed by atoms with Gasteiger partial charge in [0.1, 0.15) is 0 Å². The van der Waals surface area contributed by atoms with Crippen LogP contribution in [0.3, 0.4) is 0 Å². The Labute approximate surface area is 110 Å². The predicted octanol–water partition coefficient (Wildman–Crippen LogP) is 4.24. The van der Waals surface area contributed by atoms with Crippen molar-refractivity contribution in [3.8, 4) is 0 Å². The normalized spacial score (nSPS) is 11.6. The zero-order valence-corrected chi connectivity index (χ0v) is 10.9. The van der Waals surface area contributed by atoms with Gasteiger partial charge in [-0.25, -0.2) is 4.98 Å². The Kier molecular flexibility index (Phi) is 3.34. The molecule has 0 bridgehead atoms. The Morgan fingerprint density at radius 2 is 2.06 bits per heavy atom. The van der Waals surface area contributed by atoms with Crippen molar-refractivity contribution in [3.05, 3.63) is 40.1 Å². The van der Waals surface area contributed by atoms with E-state index in [9.17, 15) is 13.2 Å². The SMILES string of the molecule is Cc1cnc(Nc2ccc(Br)c(C(F)(F)F)c2)[nH]1. The smallest absolute Gasteiger partial charge is 0.328 e. The van der Waals surface area contributed by atoms with Crippen molar-refractivity contribution in [1.29, 1.82) is 0 Å². The molecule has 0 unspecified atom stereocenters. The predicted molar refractivity (Wildman–Crippen MR) is 65.8 cm³/mol. The molecule has 0 aliphatic heterocycles. The molecule has 96 valence electrons. The van der Waals surface area contributed by atoms with Crippen LogP contribution in [0.2, 0.25) is 0 Å². The van der Waals surface area contributed by atoms with Crippen molar-refractivity contribution >= 4 is 27.6 Å². The van der Waals surface area contributed by atoms with Crippen LogP contribution in [0.5, 0.6) is 0 Å². The number of hydrogen-bond donors (Lipinski definition) is 2.